The second kappa shape index (κ2) is 9.72. The lowest BCUT2D eigenvalue weighted by atomic mass is 9.99. The smallest absolute Gasteiger partial charge is 0.259 e. The molecular formula is C25H23N3O3S. The molecule has 4 rings (SSSR count). The highest BCUT2D eigenvalue weighted by atomic mass is 32.2. The van der Waals surface area contributed by atoms with Crippen LogP contribution < -0.4 is 10.0 Å². The predicted molar refractivity (Wildman–Crippen MR) is 129 cm³/mol. The Balaban J connectivity index is 1.90. The number of carbonyl (C=O) groups excluding carboxylic acids is 1. The molecule has 0 saturated carbocycles. The number of carbonyl (C=O) groups is 1. The van der Waals surface area contributed by atoms with Crippen LogP contribution in [0.3, 0.4) is 0 Å². The van der Waals surface area contributed by atoms with Gasteiger partial charge in [0.1, 0.15) is 0 Å². The van der Waals surface area contributed by atoms with E-state index in [-0.39, 0.29) is 23.2 Å². The molecule has 0 bridgehead atoms. The van der Waals surface area contributed by atoms with Crippen LogP contribution in [-0.2, 0) is 11.3 Å². The van der Waals surface area contributed by atoms with Crippen molar-refractivity contribution in [1.82, 2.24) is 10.3 Å². The number of anilines is 1. The first-order valence-corrected chi connectivity index (χ1v) is 11.4. The summed E-state index contributed by atoms with van der Waals surface area (Å²) in [6.07, 6.45) is 0.693. The van der Waals surface area contributed by atoms with E-state index in [4.69, 9.17) is 4.98 Å². The Kier molecular flexibility index (Phi) is 6.58. The highest BCUT2D eigenvalue weighted by Crippen LogP contribution is 2.35. The van der Waals surface area contributed by atoms with Gasteiger partial charge in [0.05, 0.1) is 28.5 Å². The molecule has 1 amide bonds. The van der Waals surface area contributed by atoms with E-state index >= 15 is 0 Å². The molecule has 4 aromatic rings. The van der Waals surface area contributed by atoms with E-state index in [0.29, 0.717) is 23.0 Å². The fourth-order valence-corrected chi connectivity index (χ4v) is 4.15. The highest BCUT2D eigenvalue weighted by molar-refractivity contribution is 7.80. The van der Waals surface area contributed by atoms with Crippen molar-refractivity contribution in [3.05, 3.63) is 96.1 Å². The molecule has 1 heterocycles. The minimum Gasteiger partial charge on any atom is -0.345 e. The quantitative estimate of drug-likeness (QED) is 0.335. The van der Waals surface area contributed by atoms with Gasteiger partial charge < -0.3 is 5.32 Å². The van der Waals surface area contributed by atoms with Crippen molar-refractivity contribution in [2.45, 2.75) is 19.4 Å². The molecule has 0 aliphatic carbocycles. The summed E-state index contributed by atoms with van der Waals surface area (Å²) in [5.74, 6) is -0.343. The van der Waals surface area contributed by atoms with Gasteiger partial charge in [-0.2, -0.15) is 0 Å². The van der Waals surface area contributed by atoms with E-state index in [1.807, 2.05) is 85.8 Å². The maximum atomic E-state index is 13.6. The van der Waals surface area contributed by atoms with E-state index in [2.05, 4.69) is 10.0 Å². The first-order valence-electron chi connectivity index (χ1n) is 10.3. The number of aromatic nitrogens is 1. The Hall–Kier alpha value is -3.55. The molecule has 32 heavy (non-hydrogen) atoms. The number of fused-ring (bicyclic) bond motifs is 1. The van der Waals surface area contributed by atoms with Gasteiger partial charge in [0.25, 0.3) is 17.2 Å². The molecule has 0 radical (unpaired) electrons. The average Bonchev–Trinajstić information content (AvgIpc) is 2.82. The number of amides is 1. The van der Waals surface area contributed by atoms with Crippen molar-refractivity contribution in [2.75, 3.05) is 4.72 Å². The summed E-state index contributed by atoms with van der Waals surface area (Å²) in [4.78, 5) is 18.3. The average molecular weight is 446 g/mol. The Morgan fingerprint density at radius 3 is 2.25 bits per heavy atom. The number of para-hydroxylation sites is 1. The zero-order chi connectivity index (χ0) is 22.5. The minimum atomic E-state index is -2.39. The molecule has 1 aromatic heterocycles. The number of hydrogen-bond donors (Lipinski definition) is 3. The minimum absolute atomic E-state index is 0.205. The van der Waals surface area contributed by atoms with Gasteiger partial charge in [-0.05, 0) is 18.1 Å². The fraction of sp³-hybridized carbons (Fsp3) is 0.120. The summed E-state index contributed by atoms with van der Waals surface area (Å²) >= 11 is -2.39. The maximum Gasteiger partial charge on any atom is 0.259 e. The van der Waals surface area contributed by atoms with Crippen molar-refractivity contribution >= 4 is 33.8 Å². The molecule has 0 aliphatic heterocycles. The molecule has 162 valence electrons. The second-order valence-corrected chi connectivity index (χ2v) is 7.99. The summed E-state index contributed by atoms with van der Waals surface area (Å²) in [5.41, 5.74) is 3.28. The highest BCUT2D eigenvalue weighted by Gasteiger charge is 2.24. The van der Waals surface area contributed by atoms with Crippen LogP contribution in [0.25, 0.3) is 22.2 Å². The molecule has 2 atom stereocenters. The lowest BCUT2D eigenvalue weighted by Gasteiger charge is -2.21. The Morgan fingerprint density at radius 1 is 0.969 bits per heavy atom. The maximum absolute atomic E-state index is 13.6. The van der Waals surface area contributed by atoms with Crippen LogP contribution in [0.15, 0.2) is 84.9 Å². The summed E-state index contributed by atoms with van der Waals surface area (Å²) in [7, 11) is 0. The molecule has 0 spiro atoms. The third kappa shape index (κ3) is 4.54. The summed E-state index contributed by atoms with van der Waals surface area (Å²) in [6, 6.07) is 26.1. The standard InChI is InChI=1S/C25H23N3O3S/c1-2-20(17-11-5-3-6-12-17)27-25(29)22-19-15-9-10-16-21(19)26-23(24(22)28-32(30)31)18-13-7-4-8-14-18/h3-16,20,28H,2H2,1H3,(H,27,29)(H,30,31). The number of pyridine rings is 1. The van der Waals surface area contributed by atoms with E-state index in [1.54, 1.807) is 6.07 Å². The first-order chi connectivity index (χ1) is 15.6. The predicted octanol–water partition coefficient (Wildman–Crippen LogP) is 5.33. The van der Waals surface area contributed by atoms with E-state index in [9.17, 15) is 13.6 Å². The molecule has 3 aromatic carbocycles. The molecule has 3 N–H and O–H groups in total. The van der Waals surface area contributed by atoms with Gasteiger partial charge in [-0.25, -0.2) is 9.19 Å². The number of hydrogen-bond acceptors (Lipinski definition) is 3. The van der Waals surface area contributed by atoms with Crippen molar-refractivity contribution < 1.29 is 13.6 Å². The third-order valence-electron chi connectivity index (χ3n) is 5.27. The van der Waals surface area contributed by atoms with Gasteiger partial charge in [-0.1, -0.05) is 85.8 Å². The lowest BCUT2D eigenvalue weighted by molar-refractivity contribution is 0.0938. The van der Waals surface area contributed by atoms with Crippen molar-refractivity contribution in [3.8, 4) is 11.3 Å². The van der Waals surface area contributed by atoms with Crippen molar-refractivity contribution in [3.63, 3.8) is 0 Å². The van der Waals surface area contributed by atoms with Crippen LogP contribution in [0.4, 0.5) is 5.69 Å². The van der Waals surface area contributed by atoms with E-state index in [0.717, 1.165) is 11.1 Å². The normalized spacial score (nSPS) is 12.8. The first kappa shape index (κ1) is 21.7. The number of benzene rings is 3. The van der Waals surface area contributed by atoms with Gasteiger partial charge in [0, 0.05) is 10.9 Å². The number of nitrogens with one attached hydrogen (secondary N) is 2. The van der Waals surface area contributed by atoms with Crippen LogP contribution in [0, 0.1) is 0 Å². The SMILES string of the molecule is CCC(NC(=O)c1c(NS(=O)O)c(-c2ccccc2)nc2ccccc12)c1ccccc1. The largest absolute Gasteiger partial charge is 0.345 e. The lowest BCUT2D eigenvalue weighted by Crippen LogP contribution is -2.29. The topological polar surface area (TPSA) is 91.3 Å². The molecule has 7 heteroatoms. The van der Waals surface area contributed by atoms with Crippen molar-refractivity contribution in [1.29, 1.82) is 0 Å². The van der Waals surface area contributed by atoms with E-state index < -0.39 is 11.3 Å². The van der Waals surface area contributed by atoms with Crippen LogP contribution in [0.2, 0.25) is 0 Å². The van der Waals surface area contributed by atoms with Crippen LogP contribution in [0.5, 0.6) is 0 Å². The van der Waals surface area contributed by atoms with E-state index in [1.165, 1.54) is 0 Å². The van der Waals surface area contributed by atoms with Crippen LogP contribution in [-0.4, -0.2) is 19.7 Å². The van der Waals surface area contributed by atoms with Gasteiger partial charge >= 0.3 is 0 Å². The fourth-order valence-electron chi connectivity index (χ4n) is 3.78. The Labute approximate surface area is 189 Å². The molecule has 0 fully saturated rings. The summed E-state index contributed by atoms with van der Waals surface area (Å²) in [5, 5.41) is 3.69. The second-order valence-electron chi connectivity index (χ2n) is 7.29. The molecule has 2 unspecified atom stereocenters. The van der Waals surface area contributed by atoms with Gasteiger partial charge in [0.15, 0.2) is 0 Å². The molecule has 0 aliphatic rings. The molecule has 0 saturated heterocycles. The zero-order valence-electron chi connectivity index (χ0n) is 17.5. The van der Waals surface area contributed by atoms with Gasteiger partial charge in [0.2, 0.25) is 0 Å². The van der Waals surface area contributed by atoms with Crippen molar-refractivity contribution in [2.24, 2.45) is 0 Å². The summed E-state index contributed by atoms with van der Waals surface area (Å²) in [6.45, 7) is 2.00. The van der Waals surface area contributed by atoms with Gasteiger partial charge in [-0.3, -0.25) is 14.1 Å². The zero-order valence-corrected chi connectivity index (χ0v) is 18.3. The number of nitrogens with zero attached hydrogens (tertiary/aromatic N) is 1. The molecular weight excluding hydrogens is 422 g/mol. The van der Waals surface area contributed by atoms with Gasteiger partial charge in [-0.15, -0.1) is 0 Å². The molecule has 6 nitrogen and oxygen atoms in total. The summed E-state index contributed by atoms with van der Waals surface area (Å²) < 4.78 is 24.0. The number of rotatable bonds is 7. The Morgan fingerprint density at radius 2 is 1.59 bits per heavy atom. The van der Waals surface area contributed by atoms with Crippen LogP contribution in [0.1, 0.15) is 35.3 Å². The van der Waals surface area contributed by atoms with Crippen LogP contribution >= 0.6 is 0 Å². The monoisotopic (exact) mass is 445 g/mol. The third-order valence-corrected chi connectivity index (χ3v) is 5.65. The Bertz CT molecular complexity index is 1260.